The van der Waals surface area contributed by atoms with Crippen LogP contribution >= 0.6 is 0 Å². The lowest BCUT2D eigenvalue weighted by Gasteiger charge is -2.26. The van der Waals surface area contributed by atoms with Crippen LogP contribution in [-0.2, 0) is 9.59 Å². The lowest BCUT2D eigenvalue weighted by Crippen LogP contribution is -2.24. The van der Waals surface area contributed by atoms with E-state index in [1.807, 2.05) is 12.1 Å². The molecule has 0 aliphatic heterocycles. The molecule has 4 nitrogen and oxygen atoms in total. The van der Waals surface area contributed by atoms with Gasteiger partial charge in [0.25, 0.3) is 0 Å². The van der Waals surface area contributed by atoms with E-state index in [0.717, 1.165) is 35.1 Å². The Hall–Kier alpha value is -2.88. The normalized spacial score (nSPS) is 20.1. The quantitative estimate of drug-likeness (QED) is 0.252. The minimum Gasteiger partial charge on any atom is -0.423 e. The van der Waals surface area contributed by atoms with Crippen molar-refractivity contribution in [3.8, 4) is 11.5 Å². The SMILES string of the molecule is CC(C)c1ccc(C(C)C)c(OC(=O)C2=C(C(=O)Oc3cc(C(C)C)ccc3C(C)C)C3CCC2C3(C)C)c1. The summed E-state index contributed by atoms with van der Waals surface area (Å²) in [6.07, 6.45) is 1.75. The summed E-state index contributed by atoms with van der Waals surface area (Å²) in [6, 6.07) is 12.3. The van der Waals surface area contributed by atoms with Crippen molar-refractivity contribution in [3.63, 3.8) is 0 Å². The van der Waals surface area contributed by atoms with E-state index in [1.165, 1.54) is 0 Å². The highest BCUT2D eigenvalue weighted by Crippen LogP contribution is 2.60. The molecule has 2 aliphatic carbocycles. The van der Waals surface area contributed by atoms with Gasteiger partial charge in [0.2, 0.25) is 0 Å². The summed E-state index contributed by atoms with van der Waals surface area (Å²) >= 11 is 0. The Kier molecular flexibility index (Phi) is 8.17. The molecule has 2 aromatic rings. The van der Waals surface area contributed by atoms with Crippen LogP contribution in [0.5, 0.6) is 11.5 Å². The molecule has 2 aliphatic rings. The Bertz CT molecular complexity index is 1190. The second kappa shape index (κ2) is 10.9. The number of rotatable bonds is 8. The van der Waals surface area contributed by atoms with Crippen LogP contribution in [0.3, 0.4) is 0 Å². The minimum absolute atomic E-state index is 0.0279. The van der Waals surface area contributed by atoms with Gasteiger partial charge in [-0.2, -0.15) is 0 Å². The molecule has 0 heterocycles. The zero-order valence-electron chi connectivity index (χ0n) is 25.5. The van der Waals surface area contributed by atoms with Gasteiger partial charge in [-0.25, -0.2) is 9.59 Å². The molecule has 0 N–H and O–H groups in total. The van der Waals surface area contributed by atoms with Crippen molar-refractivity contribution in [3.05, 3.63) is 69.8 Å². The van der Waals surface area contributed by atoms with Gasteiger partial charge >= 0.3 is 11.9 Å². The number of ether oxygens (including phenoxy) is 2. The van der Waals surface area contributed by atoms with Crippen LogP contribution in [0.1, 0.15) is 128 Å². The van der Waals surface area contributed by atoms with Crippen LogP contribution in [0.25, 0.3) is 0 Å². The van der Waals surface area contributed by atoms with Crippen molar-refractivity contribution in [2.45, 2.75) is 106 Å². The third kappa shape index (κ3) is 5.44. The zero-order valence-corrected chi connectivity index (χ0v) is 25.5. The van der Waals surface area contributed by atoms with E-state index in [2.05, 4.69) is 93.5 Å². The fraction of sp³-hybridized carbons (Fsp3) is 0.543. The molecule has 1 fully saturated rings. The highest BCUT2D eigenvalue weighted by Gasteiger charge is 2.57. The fourth-order valence-corrected chi connectivity index (χ4v) is 6.49. The van der Waals surface area contributed by atoms with Crippen molar-refractivity contribution in [2.24, 2.45) is 17.3 Å². The minimum atomic E-state index is -0.412. The summed E-state index contributed by atoms with van der Waals surface area (Å²) in [4.78, 5) is 27.9. The molecule has 2 aromatic carbocycles. The number of hydrogen-bond donors (Lipinski definition) is 0. The molecule has 2 bridgehead atoms. The maximum atomic E-state index is 13.9. The number of benzene rings is 2. The highest BCUT2D eigenvalue weighted by molar-refractivity contribution is 6.04. The van der Waals surface area contributed by atoms with E-state index >= 15 is 0 Å². The molecule has 0 saturated heterocycles. The van der Waals surface area contributed by atoms with Gasteiger partial charge in [0.15, 0.2) is 0 Å². The summed E-state index contributed by atoms with van der Waals surface area (Å²) in [5.41, 5.74) is 5.04. The topological polar surface area (TPSA) is 52.6 Å². The number of hydrogen-bond acceptors (Lipinski definition) is 4. The largest absolute Gasteiger partial charge is 0.423 e. The molecular formula is C35H46O4. The van der Waals surface area contributed by atoms with E-state index in [0.29, 0.717) is 34.5 Å². The summed E-state index contributed by atoms with van der Waals surface area (Å²) in [5.74, 6) is 1.33. The van der Waals surface area contributed by atoms with Crippen LogP contribution in [0.4, 0.5) is 0 Å². The number of carbonyl (C=O) groups is 2. The predicted molar refractivity (Wildman–Crippen MR) is 158 cm³/mol. The van der Waals surface area contributed by atoms with Crippen LogP contribution in [0, 0.1) is 17.3 Å². The molecule has 210 valence electrons. The highest BCUT2D eigenvalue weighted by atomic mass is 16.5. The van der Waals surface area contributed by atoms with Gasteiger partial charge in [-0.05, 0) is 88.2 Å². The molecule has 4 heteroatoms. The first-order valence-electron chi connectivity index (χ1n) is 14.7. The van der Waals surface area contributed by atoms with Gasteiger partial charge < -0.3 is 9.47 Å². The third-order valence-corrected chi connectivity index (χ3v) is 9.03. The smallest absolute Gasteiger partial charge is 0.340 e. The first-order valence-corrected chi connectivity index (χ1v) is 14.7. The van der Waals surface area contributed by atoms with Crippen LogP contribution in [0.2, 0.25) is 0 Å². The predicted octanol–water partition coefficient (Wildman–Crippen LogP) is 9.05. The van der Waals surface area contributed by atoms with Crippen LogP contribution in [-0.4, -0.2) is 11.9 Å². The molecule has 2 unspecified atom stereocenters. The average molecular weight is 531 g/mol. The summed E-state index contributed by atoms with van der Waals surface area (Å²) in [7, 11) is 0. The van der Waals surface area contributed by atoms with Gasteiger partial charge in [0.05, 0.1) is 11.1 Å². The molecule has 0 aromatic heterocycles. The van der Waals surface area contributed by atoms with Crippen LogP contribution in [0.15, 0.2) is 47.5 Å². The van der Waals surface area contributed by atoms with E-state index in [4.69, 9.17) is 9.47 Å². The molecule has 1 saturated carbocycles. The van der Waals surface area contributed by atoms with E-state index < -0.39 is 11.9 Å². The summed E-state index contributed by atoms with van der Waals surface area (Å²) in [6.45, 7) is 21.3. The second-order valence-electron chi connectivity index (χ2n) is 13.3. The Morgan fingerprint density at radius 1 is 0.641 bits per heavy atom. The zero-order chi connectivity index (χ0) is 28.8. The molecule has 0 amide bonds. The molecular weight excluding hydrogens is 484 g/mol. The van der Waals surface area contributed by atoms with Crippen molar-refractivity contribution in [1.82, 2.24) is 0 Å². The average Bonchev–Trinajstić information content (AvgIpc) is 3.28. The monoisotopic (exact) mass is 530 g/mol. The molecule has 2 atom stereocenters. The number of esters is 2. The van der Waals surface area contributed by atoms with Crippen molar-refractivity contribution >= 4 is 11.9 Å². The standard InChI is InChI=1S/C35H46O4/c1-19(2)23-11-13-25(21(5)6)29(17-23)38-33(36)31-27-15-16-28(35(27,9)10)32(31)34(37)39-30-18-24(20(3)4)12-14-26(30)22(7)8/h11-14,17-22,27-28H,15-16H2,1-10H3. The number of fused-ring (bicyclic) bond motifs is 2. The molecule has 4 rings (SSSR count). The van der Waals surface area contributed by atoms with E-state index in [1.54, 1.807) is 0 Å². The number of carbonyl (C=O) groups excluding carboxylic acids is 2. The Balaban J connectivity index is 1.75. The van der Waals surface area contributed by atoms with E-state index in [9.17, 15) is 9.59 Å². The first-order chi connectivity index (χ1) is 18.2. The Labute approximate surface area is 235 Å². The lowest BCUT2D eigenvalue weighted by atomic mass is 9.79. The summed E-state index contributed by atoms with van der Waals surface area (Å²) < 4.78 is 12.3. The maximum absolute atomic E-state index is 13.9. The molecule has 0 spiro atoms. The second-order valence-corrected chi connectivity index (χ2v) is 13.3. The van der Waals surface area contributed by atoms with Gasteiger partial charge in [-0.1, -0.05) is 93.5 Å². The lowest BCUT2D eigenvalue weighted by molar-refractivity contribution is -0.133. The summed E-state index contributed by atoms with van der Waals surface area (Å²) in [5, 5.41) is 0. The van der Waals surface area contributed by atoms with Crippen molar-refractivity contribution in [1.29, 1.82) is 0 Å². The van der Waals surface area contributed by atoms with Crippen LogP contribution < -0.4 is 9.47 Å². The third-order valence-electron chi connectivity index (χ3n) is 9.03. The molecule has 0 radical (unpaired) electrons. The van der Waals surface area contributed by atoms with Crippen molar-refractivity contribution < 1.29 is 19.1 Å². The molecule has 39 heavy (non-hydrogen) atoms. The van der Waals surface area contributed by atoms with Gasteiger partial charge in [-0.3, -0.25) is 0 Å². The van der Waals surface area contributed by atoms with Gasteiger partial charge in [-0.15, -0.1) is 0 Å². The first kappa shape index (κ1) is 29.1. The van der Waals surface area contributed by atoms with Crippen molar-refractivity contribution in [2.75, 3.05) is 0 Å². The Morgan fingerprint density at radius 2 is 1.00 bits per heavy atom. The van der Waals surface area contributed by atoms with Gasteiger partial charge in [0.1, 0.15) is 11.5 Å². The maximum Gasteiger partial charge on any atom is 0.340 e. The van der Waals surface area contributed by atoms with E-state index in [-0.39, 0.29) is 29.1 Å². The Morgan fingerprint density at radius 3 is 1.31 bits per heavy atom. The van der Waals surface area contributed by atoms with Gasteiger partial charge in [0, 0.05) is 0 Å². The fourth-order valence-electron chi connectivity index (χ4n) is 6.49.